The Morgan fingerprint density at radius 1 is 1.15 bits per heavy atom. The Morgan fingerprint density at radius 2 is 1.85 bits per heavy atom. The Hall–Kier alpha value is -0.570. The molecular weight excluding hydrogens is 250 g/mol. The van der Waals surface area contributed by atoms with Crippen molar-refractivity contribution in [1.82, 2.24) is 5.32 Å². The zero-order chi connectivity index (χ0) is 14.5. The van der Waals surface area contributed by atoms with E-state index in [-0.39, 0.29) is 12.0 Å². The number of fused-ring (bicyclic) bond motifs is 1. The second kappa shape index (κ2) is 7.44. The van der Waals surface area contributed by atoms with E-state index in [9.17, 15) is 4.79 Å². The summed E-state index contributed by atoms with van der Waals surface area (Å²) in [5, 5.41) is 3.60. The van der Waals surface area contributed by atoms with Crippen molar-refractivity contribution >= 4 is 5.97 Å². The van der Waals surface area contributed by atoms with Crippen LogP contribution in [0.1, 0.15) is 65.2 Å². The molecule has 4 unspecified atom stereocenters. The van der Waals surface area contributed by atoms with E-state index in [1.54, 1.807) is 0 Å². The van der Waals surface area contributed by atoms with Crippen LogP contribution < -0.4 is 5.32 Å². The zero-order valence-electron chi connectivity index (χ0n) is 13.4. The molecule has 3 heteroatoms. The summed E-state index contributed by atoms with van der Waals surface area (Å²) >= 11 is 0. The fraction of sp³-hybridized carbons (Fsp3) is 0.941. The van der Waals surface area contributed by atoms with Gasteiger partial charge in [-0.3, -0.25) is 4.79 Å². The predicted octanol–water partition coefficient (Wildman–Crippen LogP) is 3.52. The molecule has 2 aliphatic carbocycles. The second-order valence-corrected chi connectivity index (χ2v) is 7.19. The summed E-state index contributed by atoms with van der Waals surface area (Å²) in [6, 6.07) is 0.391. The Balaban J connectivity index is 1.88. The van der Waals surface area contributed by atoms with Crippen molar-refractivity contribution in [2.45, 2.75) is 77.3 Å². The fourth-order valence-electron chi connectivity index (χ4n) is 4.16. The molecule has 20 heavy (non-hydrogen) atoms. The van der Waals surface area contributed by atoms with Gasteiger partial charge in [0.2, 0.25) is 0 Å². The van der Waals surface area contributed by atoms with Crippen molar-refractivity contribution in [2.24, 2.45) is 17.8 Å². The molecule has 0 aromatic heterocycles. The maximum absolute atomic E-state index is 11.9. The largest absolute Gasteiger partial charge is 0.468 e. The number of methoxy groups -OCH3 is 1. The SMILES string of the molecule is COC(=O)C(CC(C)C)NC1CCC2CCCCC2C1. The smallest absolute Gasteiger partial charge is 0.322 e. The van der Waals surface area contributed by atoms with E-state index in [0.29, 0.717) is 12.0 Å². The molecule has 0 aromatic rings. The molecule has 2 rings (SSSR count). The first kappa shape index (κ1) is 15.8. The molecule has 0 spiro atoms. The predicted molar refractivity (Wildman–Crippen MR) is 81.5 cm³/mol. The lowest BCUT2D eigenvalue weighted by atomic mass is 9.69. The van der Waals surface area contributed by atoms with E-state index in [0.717, 1.165) is 18.3 Å². The minimum absolute atomic E-state index is 0.0931. The molecule has 4 atom stereocenters. The summed E-state index contributed by atoms with van der Waals surface area (Å²) in [5.41, 5.74) is 0. The van der Waals surface area contributed by atoms with E-state index in [2.05, 4.69) is 19.2 Å². The van der Waals surface area contributed by atoms with E-state index in [4.69, 9.17) is 4.74 Å². The number of rotatable bonds is 5. The van der Waals surface area contributed by atoms with Crippen LogP contribution in [0.5, 0.6) is 0 Å². The van der Waals surface area contributed by atoms with Gasteiger partial charge in [-0.1, -0.05) is 39.5 Å². The third kappa shape index (κ3) is 4.21. The van der Waals surface area contributed by atoms with Gasteiger partial charge in [-0.25, -0.2) is 0 Å². The third-order valence-corrected chi connectivity index (χ3v) is 5.17. The monoisotopic (exact) mass is 281 g/mol. The molecule has 0 bridgehead atoms. The number of ether oxygens (including phenoxy) is 1. The standard InChI is InChI=1S/C17H31NO2/c1-12(2)10-16(17(19)20-3)18-15-9-8-13-6-4-5-7-14(13)11-15/h12-16,18H,4-11H2,1-3H3. The maximum atomic E-state index is 11.9. The average Bonchev–Trinajstić information content (AvgIpc) is 2.45. The molecule has 0 aromatic carbocycles. The zero-order valence-corrected chi connectivity index (χ0v) is 13.4. The number of carbonyl (C=O) groups is 1. The van der Waals surface area contributed by atoms with Gasteiger partial charge in [-0.15, -0.1) is 0 Å². The van der Waals surface area contributed by atoms with Gasteiger partial charge >= 0.3 is 5.97 Å². The topological polar surface area (TPSA) is 38.3 Å². The first-order valence-corrected chi connectivity index (χ1v) is 8.44. The van der Waals surface area contributed by atoms with E-state index < -0.39 is 0 Å². The van der Waals surface area contributed by atoms with E-state index in [1.165, 1.54) is 52.1 Å². The highest BCUT2D eigenvalue weighted by Crippen LogP contribution is 2.40. The average molecular weight is 281 g/mol. The maximum Gasteiger partial charge on any atom is 0.322 e. The first-order valence-electron chi connectivity index (χ1n) is 8.44. The molecule has 0 heterocycles. The van der Waals surface area contributed by atoms with Crippen LogP contribution >= 0.6 is 0 Å². The molecule has 116 valence electrons. The van der Waals surface area contributed by atoms with Gasteiger partial charge in [0.05, 0.1) is 7.11 Å². The summed E-state index contributed by atoms with van der Waals surface area (Å²) in [5.74, 6) is 2.28. The molecule has 0 radical (unpaired) electrons. The third-order valence-electron chi connectivity index (χ3n) is 5.17. The number of nitrogens with one attached hydrogen (secondary N) is 1. The quantitative estimate of drug-likeness (QED) is 0.784. The van der Waals surface area contributed by atoms with Gasteiger partial charge in [0, 0.05) is 6.04 Å². The van der Waals surface area contributed by atoms with Gasteiger partial charge in [-0.2, -0.15) is 0 Å². The van der Waals surface area contributed by atoms with Crippen LogP contribution in [-0.4, -0.2) is 25.2 Å². The minimum atomic E-state index is -0.120. The van der Waals surface area contributed by atoms with E-state index >= 15 is 0 Å². The highest BCUT2D eigenvalue weighted by Gasteiger charge is 2.34. The molecular formula is C17H31NO2. The normalized spacial score (nSPS) is 31.7. The molecule has 0 aliphatic heterocycles. The van der Waals surface area contributed by atoms with Crippen LogP contribution in [0.3, 0.4) is 0 Å². The summed E-state index contributed by atoms with van der Waals surface area (Å²) in [4.78, 5) is 11.9. The number of carbonyl (C=O) groups excluding carboxylic acids is 1. The molecule has 1 N–H and O–H groups in total. The van der Waals surface area contributed by atoms with Crippen molar-refractivity contribution in [3.05, 3.63) is 0 Å². The van der Waals surface area contributed by atoms with Crippen LogP contribution in [0.25, 0.3) is 0 Å². The Bertz CT molecular complexity index is 316. The molecule has 3 nitrogen and oxygen atoms in total. The molecule has 2 aliphatic rings. The van der Waals surface area contributed by atoms with Crippen molar-refractivity contribution in [3.63, 3.8) is 0 Å². The van der Waals surface area contributed by atoms with Gasteiger partial charge in [0.15, 0.2) is 0 Å². The number of hydrogen-bond acceptors (Lipinski definition) is 3. The summed E-state index contributed by atoms with van der Waals surface area (Å²) in [6.45, 7) is 4.32. The Labute approximate surface area is 123 Å². The number of hydrogen-bond donors (Lipinski definition) is 1. The Kier molecular flexibility index (Phi) is 5.88. The summed E-state index contributed by atoms with van der Waals surface area (Å²) in [7, 11) is 1.50. The highest BCUT2D eigenvalue weighted by molar-refractivity contribution is 5.75. The van der Waals surface area contributed by atoms with Gasteiger partial charge in [-0.05, 0) is 43.4 Å². The van der Waals surface area contributed by atoms with Crippen LogP contribution in [0.15, 0.2) is 0 Å². The molecule has 2 saturated carbocycles. The summed E-state index contributed by atoms with van der Waals surface area (Å²) in [6.07, 6.45) is 10.4. The lowest BCUT2D eigenvalue weighted by Gasteiger charge is -2.40. The Morgan fingerprint density at radius 3 is 2.50 bits per heavy atom. The summed E-state index contributed by atoms with van der Waals surface area (Å²) < 4.78 is 4.96. The van der Waals surface area contributed by atoms with Crippen LogP contribution in [0.2, 0.25) is 0 Å². The fourth-order valence-corrected chi connectivity index (χ4v) is 4.16. The molecule has 0 saturated heterocycles. The lowest BCUT2D eigenvalue weighted by molar-refractivity contribution is -0.144. The second-order valence-electron chi connectivity index (χ2n) is 7.19. The van der Waals surface area contributed by atoms with Crippen molar-refractivity contribution < 1.29 is 9.53 Å². The van der Waals surface area contributed by atoms with Crippen LogP contribution in [-0.2, 0) is 9.53 Å². The van der Waals surface area contributed by atoms with Gasteiger partial charge < -0.3 is 10.1 Å². The van der Waals surface area contributed by atoms with Crippen LogP contribution in [0, 0.1) is 17.8 Å². The van der Waals surface area contributed by atoms with Crippen molar-refractivity contribution in [3.8, 4) is 0 Å². The highest BCUT2D eigenvalue weighted by atomic mass is 16.5. The number of esters is 1. The van der Waals surface area contributed by atoms with Crippen molar-refractivity contribution in [2.75, 3.05) is 7.11 Å². The van der Waals surface area contributed by atoms with Gasteiger partial charge in [0.1, 0.15) is 6.04 Å². The lowest BCUT2D eigenvalue weighted by Crippen LogP contribution is -2.47. The molecule has 0 amide bonds. The van der Waals surface area contributed by atoms with E-state index in [1.807, 2.05) is 0 Å². The minimum Gasteiger partial charge on any atom is -0.468 e. The van der Waals surface area contributed by atoms with Crippen LogP contribution in [0.4, 0.5) is 0 Å². The first-order chi connectivity index (χ1) is 9.60. The van der Waals surface area contributed by atoms with Gasteiger partial charge in [0.25, 0.3) is 0 Å². The molecule has 2 fully saturated rings. The van der Waals surface area contributed by atoms with Crippen molar-refractivity contribution in [1.29, 1.82) is 0 Å².